The van der Waals surface area contributed by atoms with Crippen molar-refractivity contribution in [2.45, 2.75) is 96.9 Å². The summed E-state index contributed by atoms with van der Waals surface area (Å²) >= 11 is 0. The molecule has 0 fully saturated rings. The molecule has 0 heterocycles. The van der Waals surface area contributed by atoms with E-state index in [0.717, 1.165) is 37.7 Å². The molecule has 2 aromatic rings. The zero-order chi connectivity index (χ0) is 26.2. The topological polar surface area (TPSA) is 85.2 Å². The number of carbonyl (C=O) groups excluding carboxylic acids is 1. The smallest absolute Gasteiger partial charge is 0.338 e. The highest BCUT2D eigenvalue weighted by Crippen LogP contribution is 2.32. The van der Waals surface area contributed by atoms with Crippen LogP contribution in [0.5, 0.6) is 11.5 Å². The normalized spacial score (nSPS) is 12.4. The molecule has 0 aliphatic rings. The van der Waals surface area contributed by atoms with Gasteiger partial charge in [0.25, 0.3) is 0 Å². The SMILES string of the molecule is CCCCCCCCC(OC(=O)c1ccc(O)cc1)C(CCCc1ccc(O)cc1)(OCC)OCC. The molecule has 1 atom stereocenters. The first-order valence-corrected chi connectivity index (χ1v) is 13.5. The summed E-state index contributed by atoms with van der Waals surface area (Å²) in [6.07, 6.45) is 8.99. The molecular weight excluding hydrogens is 456 g/mol. The third-order valence-electron chi connectivity index (χ3n) is 6.37. The zero-order valence-electron chi connectivity index (χ0n) is 22.2. The molecular formula is C30H44O6. The Morgan fingerprint density at radius 1 is 0.778 bits per heavy atom. The van der Waals surface area contributed by atoms with E-state index < -0.39 is 17.9 Å². The van der Waals surface area contributed by atoms with Crippen LogP contribution in [0, 0.1) is 0 Å². The average molecular weight is 501 g/mol. The second-order valence-corrected chi connectivity index (χ2v) is 9.20. The Morgan fingerprint density at radius 3 is 1.92 bits per heavy atom. The summed E-state index contributed by atoms with van der Waals surface area (Å²) in [4.78, 5) is 13.1. The molecule has 0 amide bonds. The van der Waals surface area contributed by atoms with Crippen LogP contribution in [0.2, 0.25) is 0 Å². The number of esters is 1. The number of benzene rings is 2. The molecule has 36 heavy (non-hydrogen) atoms. The van der Waals surface area contributed by atoms with E-state index in [1.807, 2.05) is 26.0 Å². The van der Waals surface area contributed by atoms with E-state index in [2.05, 4.69) is 6.92 Å². The molecule has 6 heteroatoms. The number of aryl methyl sites for hydroxylation is 1. The standard InChI is InChI=1S/C30H44O6/c1-4-7-8-9-10-11-14-28(36-29(33)25-17-21-27(32)22-18-25)30(34-5-2,35-6-3)23-12-13-24-15-19-26(31)20-16-24/h15-22,28,31-32H,4-14,23H2,1-3H3. The molecule has 0 bridgehead atoms. The summed E-state index contributed by atoms with van der Waals surface area (Å²) < 4.78 is 18.6. The van der Waals surface area contributed by atoms with Crippen molar-refractivity contribution >= 4 is 5.97 Å². The largest absolute Gasteiger partial charge is 0.508 e. The molecule has 1 unspecified atom stereocenters. The van der Waals surface area contributed by atoms with Gasteiger partial charge in [-0.2, -0.15) is 0 Å². The van der Waals surface area contributed by atoms with Crippen LogP contribution in [0.3, 0.4) is 0 Å². The fourth-order valence-corrected chi connectivity index (χ4v) is 4.50. The van der Waals surface area contributed by atoms with Crippen LogP contribution in [-0.4, -0.2) is 41.3 Å². The van der Waals surface area contributed by atoms with Crippen molar-refractivity contribution in [3.05, 3.63) is 59.7 Å². The van der Waals surface area contributed by atoms with Gasteiger partial charge in [0, 0.05) is 19.6 Å². The third kappa shape index (κ3) is 9.82. The molecule has 0 aromatic heterocycles. The third-order valence-corrected chi connectivity index (χ3v) is 6.37. The van der Waals surface area contributed by atoms with Crippen molar-refractivity contribution in [2.75, 3.05) is 13.2 Å². The highest BCUT2D eigenvalue weighted by molar-refractivity contribution is 5.89. The van der Waals surface area contributed by atoms with Gasteiger partial charge in [-0.3, -0.25) is 0 Å². The lowest BCUT2D eigenvalue weighted by Gasteiger charge is -2.39. The summed E-state index contributed by atoms with van der Waals surface area (Å²) in [6, 6.07) is 13.3. The molecule has 2 aromatic carbocycles. The molecule has 2 rings (SSSR count). The van der Waals surface area contributed by atoms with Crippen LogP contribution in [0.25, 0.3) is 0 Å². The van der Waals surface area contributed by atoms with Gasteiger partial charge in [-0.05, 0) is 81.5 Å². The quantitative estimate of drug-likeness (QED) is 0.128. The Balaban J connectivity index is 2.19. The molecule has 0 aliphatic heterocycles. The Bertz CT molecular complexity index is 856. The van der Waals surface area contributed by atoms with Crippen LogP contribution in [0.15, 0.2) is 48.5 Å². The lowest BCUT2D eigenvalue weighted by atomic mass is 9.95. The van der Waals surface area contributed by atoms with Crippen molar-refractivity contribution in [3.63, 3.8) is 0 Å². The predicted octanol–water partition coefficient (Wildman–Crippen LogP) is 7.17. The van der Waals surface area contributed by atoms with Crippen LogP contribution in [-0.2, 0) is 20.6 Å². The number of rotatable bonds is 18. The zero-order valence-corrected chi connectivity index (χ0v) is 22.2. The Labute approximate surface area is 216 Å². The first-order chi connectivity index (χ1) is 17.4. The van der Waals surface area contributed by atoms with Gasteiger partial charge in [0.15, 0.2) is 6.10 Å². The number of hydrogen-bond acceptors (Lipinski definition) is 6. The molecule has 200 valence electrons. The van der Waals surface area contributed by atoms with Crippen molar-refractivity contribution < 1.29 is 29.2 Å². The maximum Gasteiger partial charge on any atom is 0.338 e. The van der Waals surface area contributed by atoms with Crippen LogP contribution in [0.1, 0.15) is 94.5 Å². The fraction of sp³-hybridized carbons (Fsp3) is 0.567. The summed E-state index contributed by atoms with van der Waals surface area (Å²) in [6.45, 7) is 6.93. The van der Waals surface area contributed by atoms with E-state index in [1.54, 1.807) is 24.3 Å². The van der Waals surface area contributed by atoms with Gasteiger partial charge < -0.3 is 24.4 Å². The monoisotopic (exact) mass is 500 g/mol. The molecule has 0 saturated carbocycles. The van der Waals surface area contributed by atoms with Crippen molar-refractivity contribution in [2.24, 2.45) is 0 Å². The number of phenols is 2. The number of phenolic OH excluding ortho intramolecular Hbond substituents is 2. The lowest BCUT2D eigenvalue weighted by Crippen LogP contribution is -2.50. The number of hydrogen-bond donors (Lipinski definition) is 2. The van der Waals surface area contributed by atoms with Gasteiger partial charge in [-0.25, -0.2) is 4.79 Å². The van der Waals surface area contributed by atoms with E-state index >= 15 is 0 Å². The van der Waals surface area contributed by atoms with E-state index in [9.17, 15) is 15.0 Å². The van der Waals surface area contributed by atoms with E-state index in [0.29, 0.717) is 31.6 Å². The highest BCUT2D eigenvalue weighted by atomic mass is 16.7. The van der Waals surface area contributed by atoms with Crippen LogP contribution in [0.4, 0.5) is 0 Å². The molecule has 0 aliphatic carbocycles. The number of carbonyl (C=O) groups is 1. The predicted molar refractivity (Wildman–Crippen MR) is 142 cm³/mol. The minimum atomic E-state index is -1.05. The van der Waals surface area contributed by atoms with E-state index in [4.69, 9.17) is 14.2 Å². The van der Waals surface area contributed by atoms with Crippen LogP contribution >= 0.6 is 0 Å². The number of ether oxygens (including phenoxy) is 3. The molecule has 0 saturated heterocycles. The van der Waals surface area contributed by atoms with Gasteiger partial charge in [-0.1, -0.05) is 51.2 Å². The fourth-order valence-electron chi connectivity index (χ4n) is 4.50. The average Bonchev–Trinajstić information content (AvgIpc) is 2.87. The van der Waals surface area contributed by atoms with Gasteiger partial charge in [0.1, 0.15) is 11.5 Å². The Morgan fingerprint density at radius 2 is 1.33 bits per heavy atom. The molecule has 6 nitrogen and oxygen atoms in total. The molecule has 2 N–H and O–H groups in total. The minimum absolute atomic E-state index is 0.0994. The first-order valence-electron chi connectivity index (χ1n) is 13.5. The second kappa shape index (κ2) is 16.2. The van der Waals surface area contributed by atoms with Crippen molar-refractivity contribution in [1.29, 1.82) is 0 Å². The van der Waals surface area contributed by atoms with Gasteiger partial charge in [0.05, 0.1) is 5.56 Å². The van der Waals surface area contributed by atoms with Crippen LogP contribution < -0.4 is 0 Å². The van der Waals surface area contributed by atoms with Crippen molar-refractivity contribution in [1.82, 2.24) is 0 Å². The first kappa shape index (κ1) is 29.7. The van der Waals surface area contributed by atoms with Gasteiger partial charge in [0.2, 0.25) is 5.79 Å². The number of unbranched alkanes of at least 4 members (excludes halogenated alkanes) is 5. The molecule has 0 spiro atoms. The summed E-state index contributed by atoms with van der Waals surface area (Å²) in [5.74, 6) is -1.15. The Hall–Kier alpha value is -2.57. The van der Waals surface area contributed by atoms with Crippen molar-refractivity contribution in [3.8, 4) is 11.5 Å². The summed E-state index contributed by atoms with van der Waals surface area (Å²) in [7, 11) is 0. The maximum atomic E-state index is 13.1. The Kier molecular flexibility index (Phi) is 13.4. The second-order valence-electron chi connectivity index (χ2n) is 9.20. The number of aromatic hydroxyl groups is 2. The minimum Gasteiger partial charge on any atom is -0.508 e. The summed E-state index contributed by atoms with van der Waals surface area (Å²) in [5.41, 5.74) is 1.50. The summed E-state index contributed by atoms with van der Waals surface area (Å²) in [5, 5.41) is 19.2. The van der Waals surface area contributed by atoms with Gasteiger partial charge in [-0.15, -0.1) is 0 Å². The maximum absolute atomic E-state index is 13.1. The lowest BCUT2D eigenvalue weighted by molar-refractivity contribution is -0.284. The molecule has 0 radical (unpaired) electrons. The van der Waals surface area contributed by atoms with Gasteiger partial charge >= 0.3 is 5.97 Å². The van der Waals surface area contributed by atoms with E-state index in [1.165, 1.54) is 31.4 Å². The van der Waals surface area contributed by atoms with E-state index in [-0.39, 0.29) is 11.5 Å². The highest BCUT2D eigenvalue weighted by Gasteiger charge is 2.43.